The predicted octanol–water partition coefficient (Wildman–Crippen LogP) is 2.17. The lowest BCUT2D eigenvalue weighted by Gasteiger charge is -2.15. The van der Waals surface area contributed by atoms with Gasteiger partial charge < -0.3 is 20.3 Å². The molecule has 0 aliphatic carbocycles. The zero-order chi connectivity index (χ0) is 12.8. The summed E-state index contributed by atoms with van der Waals surface area (Å²) < 4.78 is 5.41. The molecule has 1 rings (SSSR count). The maximum absolute atomic E-state index is 9.37. The lowest BCUT2D eigenvalue weighted by molar-refractivity contribution is 0.0796. The Kier molecular flexibility index (Phi) is 5.25. The summed E-state index contributed by atoms with van der Waals surface area (Å²) in [4.78, 5) is 0. The largest absolute Gasteiger partial charge is 0.508 e. The highest BCUT2D eigenvalue weighted by molar-refractivity contribution is 5.37. The minimum Gasteiger partial charge on any atom is -0.508 e. The van der Waals surface area contributed by atoms with Gasteiger partial charge in [0, 0.05) is 18.7 Å². The van der Waals surface area contributed by atoms with Crippen LogP contribution in [0.4, 0.5) is 0 Å². The van der Waals surface area contributed by atoms with E-state index in [-0.39, 0.29) is 23.6 Å². The standard InChI is InChI=1S/C13H21NO3/c1-9(2)17-5-4-14-10(3)11-6-12(15)8-13(16)7-11/h6-10,14-16H,4-5H2,1-3H3. The van der Waals surface area contributed by atoms with Crippen molar-refractivity contribution in [1.29, 1.82) is 0 Å². The van der Waals surface area contributed by atoms with Crippen LogP contribution in [0.5, 0.6) is 11.5 Å². The van der Waals surface area contributed by atoms with E-state index in [9.17, 15) is 10.2 Å². The Bertz CT molecular complexity index is 332. The SMILES string of the molecule is CC(C)OCCNC(C)c1cc(O)cc(O)c1. The highest BCUT2D eigenvalue weighted by Crippen LogP contribution is 2.24. The first-order chi connectivity index (χ1) is 7.99. The molecule has 0 saturated heterocycles. The molecule has 96 valence electrons. The van der Waals surface area contributed by atoms with Gasteiger partial charge in [-0.3, -0.25) is 0 Å². The van der Waals surface area contributed by atoms with E-state index < -0.39 is 0 Å². The lowest BCUT2D eigenvalue weighted by Crippen LogP contribution is -2.24. The smallest absolute Gasteiger partial charge is 0.119 e. The van der Waals surface area contributed by atoms with E-state index >= 15 is 0 Å². The van der Waals surface area contributed by atoms with Crippen LogP contribution in [0.15, 0.2) is 18.2 Å². The minimum absolute atomic E-state index is 0.0590. The van der Waals surface area contributed by atoms with Crippen molar-refractivity contribution < 1.29 is 14.9 Å². The summed E-state index contributed by atoms with van der Waals surface area (Å²) in [5.41, 5.74) is 0.854. The molecule has 1 aromatic carbocycles. The summed E-state index contributed by atoms with van der Waals surface area (Å²) in [6.07, 6.45) is 0.233. The molecule has 17 heavy (non-hydrogen) atoms. The molecule has 0 radical (unpaired) electrons. The van der Waals surface area contributed by atoms with E-state index in [2.05, 4.69) is 5.32 Å². The van der Waals surface area contributed by atoms with Gasteiger partial charge in [-0.05, 0) is 38.5 Å². The Morgan fingerprint density at radius 1 is 1.12 bits per heavy atom. The first kappa shape index (κ1) is 13.8. The van der Waals surface area contributed by atoms with Crippen molar-refractivity contribution in [2.45, 2.75) is 32.9 Å². The van der Waals surface area contributed by atoms with Gasteiger partial charge in [-0.25, -0.2) is 0 Å². The number of nitrogens with one attached hydrogen (secondary N) is 1. The molecule has 0 saturated carbocycles. The monoisotopic (exact) mass is 239 g/mol. The van der Waals surface area contributed by atoms with Crippen LogP contribution < -0.4 is 5.32 Å². The van der Waals surface area contributed by atoms with Gasteiger partial charge in [0.1, 0.15) is 11.5 Å². The van der Waals surface area contributed by atoms with Gasteiger partial charge in [0.15, 0.2) is 0 Å². The molecule has 0 aliphatic rings. The molecule has 0 spiro atoms. The second-order valence-corrected chi connectivity index (χ2v) is 4.38. The Hall–Kier alpha value is -1.26. The van der Waals surface area contributed by atoms with E-state index in [0.29, 0.717) is 6.61 Å². The quantitative estimate of drug-likeness (QED) is 0.666. The number of rotatable bonds is 6. The number of phenols is 2. The molecule has 1 atom stereocenters. The second kappa shape index (κ2) is 6.47. The maximum atomic E-state index is 9.37. The summed E-state index contributed by atoms with van der Waals surface area (Å²) in [6.45, 7) is 7.35. The van der Waals surface area contributed by atoms with Crippen LogP contribution in [-0.2, 0) is 4.74 Å². The summed E-state index contributed by atoms with van der Waals surface area (Å²) in [5, 5.41) is 22.0. The zero-order valence-corrected chi connectivity index (χ0v) is 10.6. The number of phenolic OH excluding ortho intramolecular Hbond substituents is 2. The van der Waals surface area contributed by atoms with Crippen LogP contribution >= 0.6 is 0 Å². The van der Waals surface area contributed by atoms with Crippen molar-refractivity contribution in [3.63, 3.8) is 0 Å². The minimum atomic E-state index is 0.0590. The van der Waals surface area contributed by atoms with E-state index in [0.717, 1.165) is 12.1 Å². The summed E-state index contributed by atoms with van der Waals surface area (Å²) in [5.74, 6) is 0.152. The van der Waals surface area contributed by atoms with Crippen molar-refractivity contribution in [2.24, 2.45) is 0 Å². The Morgan fingerprint density at radius 3 is 2.24 bits per heavy atom. The number of hydrogen-bond donors (Lipinski definition) is 3. The van der Waals surface area contributed by atoms with Crippen molar-refractivity contribution in [3.05, 3.63) is 23.8 Å². The van der Waals surface area contributed by atoms with Crippen LogP contribution in [0.1, 0.15) is 32.4 Å². The fraction of sp³-hybridized carbons (Fsp3) is 0.538. The van der Waals surface area contributed by atoms with Crippen LogP contribution in [-0.4, -0.2) is 29.5 Å². The zero-order valence-electron chi connectivity index (χ0n) is 10.6. The Morgan fingerprint density at radius 2 is 1.71 bits per heavy atom. The van der Waals surface area contributed by atoms with E-state index in [1.54, 1.807) is 12.1 Å². The molecular formula is C13H21NO3. The summed E-state index contributed by atoms with van der Waals surface area (Å²) in [6, 6.07) is 4.66. The number of benzene rings is 1. The van der Waals surface area contributed by atoms with E-state index in [4.69, 9.17) is 4.74 Å². The highest BCUT2D eigenvalue weighted by Gasteiger charge is 2.07. The summed E-state index contributed by atoms with van der Waals surface area (Å²) >= 11 is 0. The Balaban J connectivity index is 2.43. The third-order valence-electron chi connectivity index (χ3n) is 2.43. The van der Waals surface area contributed by atoms with Gasteiger partial charge in [-0.15, -0.1) is 0 Å². The van der Waals surface area contributed by atoms with Crippen molar-refractivity contribution in [1.82, 2.24) is 5.32 Å². The van der Waals surface area contributed by atoms with Crippen molar-refractivity contribution in [2.75, 3.05) is 13.2 Å². The van der Waals surface area contributed by atoms with Gasteiger partial charge in [-0.1, -0.05) is 0 Å². The third kappa shape index (κ3) is 5.06. The normalized spacial score (nSPS) is 12.9. The molecule has 0 bridgehead atoms. The molecule has 1 unspecified atom stereocenters. The van der Waals surface area contributed by atoms with Crippen LogP contribution in [0.2, 0.25) is 0 Å². The molecule has 0 aliphatic heterocycles. The maximum Gasteiger partial charge on any atom is 0.119 e. The molecular weight excluding hydrogens is 218 g/mol. The van der Waals surface area contributed by atoms with E-state index in [1.165, 1.54) is 6.07 Å². The van der Waals surface area contributed by atoms with Gasteiger partial charge in [-0.2, -0.15) is 0 Å². The van der Waals surface area contributed by atoms with E-state index in [1.807, 2.05) is 20.8 Å². The molecule has 1 aromatic rings. The fourth-order valence-corrected chi connectivity index (χ4v) is 1.56. The molecule has 0 amide bonds. The highest BCUT2D eigenvalue weighted by atomic mass is 16.5. The van der Waals surface area contributed by atoms with Crippen LogP contribution in [0, 0.1) is 0 Å². The van der Waals surface area contributed by atoms with Crippen LogP contribution in [0.3, 0.4) is 0 Å². The average molecular weight is 239 g/mol. The summed E-state index contributed by atoms with van der Waals surface area (Å²) in [7, 11) is 0. The van der Waals surface area contributed by atoms with Crippen molar-refractivity contribution >= 4 is 0 Å². The van der Waals surface area contributed by atoms with Gasteiger partial charge >= 0.3 is 0 Å². The number of hydrogen-bond acceptors (Lipinski definition) is 4. The molecule has 0 fully saturated rings. The molecule has 0 heterocycles. The molecule has 0 aromatic heterocycles. The predicted molar refractivity (Wildman–Crippen MR) is 67.3 cm³/mol. The van der Waals surface area contributed by atoms with Gasteiger partial charge in [0.2, 0.25) is 0 Å². The topological polar surface area (TPSA) is 61.7 Å². The van der Waals surface area contributed by atoms with Crippen molar-refractivity contribution in [3.8, 4) is 11.5 Å². The third-order valence-corrected chi connectivity index (χ3v) is 2.43. The fourth-order valence-electron chi connectivity index (χ4n) is 1.56. The number of ether oxygens (including phenoxy) is 1. The first-order valence-corrected chi connectivity index (χ1v) is 5.87. The molecule has 4 nitrogen and oxygen atoms in total. The van der Waals surface area contributed by atoms with Gasteiger partial charge in [0.05, 0.1) is 12.7 Å². The molecule has 4 heteroatoms. The van der Waals surface area contributed by atoms with Gasteiger partial charge in [0.25, 0.3) is 0 Å². The first-order valence-electron chi connectivity index (χ1n) is 5.87. The van der Waals surface area contributed by atoms with Crippen LogP contribution in [0.25, 0.3) is 0 Å². The Labute approximate surface area is 102 Å². The second-order valence-electron chi connectivity index (χ2n) is 4.38. The lowest BCUT2D eigenvalue weighted by atomic mass is 10.1. The number of aromatic hydroxyl groups is 2. The molecule has 3 N–H and O–H groups in total. The average Bonchev–Trinajstić information content (AvgIpc) is 2.22.